The van der Waals surface area contributed by atoms with E-state index in [-0.39, 0.29) is 11.5 Å². The van der Waals surface area contributed by atoms with Crippen molar-refractivity contribution in [3.63, 3.8) is 0 Å². The Bertz CT molecular complexity index is 599. The molecule has 0 fully saturated rings. The van der Waals surface area contributed by atoms with Gasteiger partial charge in [0.2, 0.25) is 0 Å². The normalized spacial score (nSPS) is 10.6. The van der Waals surface area contributed by atoms with Crippen molar-refractivity contribution in [2.24, 2.45) is 0 Å². The molecule has 106 valence electrons. The van der Waals surface area contributed by atoms with Crippen LogP contribution in [0.3, 0.4) is 0 Å². The van der Waals surface area contributed by atoms with E-state index in [1.54, 1.807) is 26.0 Å². The van der Waals surface area contributed by atoms with Crippen molar-refractivity contribution >= 4 is 11.4 Å². The van der Waals surface area contributed by atoms with Gasteiger partial charge in [-0.3, -0.25) is 0 Å². The molecule has 0 aliphatic heterocycles. The molecule has 2 aromatic rings. The van der Waals surface area contributed by atoms with Gasteiger partial charge >= 0.3 is 11.4 Å². The zero-order chi connectivity index (χ0) is 14.7. The van der Waals surface area contributed by atoms with Crippen molar-refractivity contribution in [1.29, 1.82) is 0 Å². The summed E-state index contributed by atoms with van der Waals surface area (Å²) in [5.41, 5.74) is 1.22. The first kappa shape index (κ1) is 14.2. The van der Waals surface area contributed by atoms with Gasteiger partial charge in [-0.2, -0.15) is 4.21 Å². The summed E-state index contributed by atoms with van der Waals surface area (Å²) < 4.78 is 21.9. The molecule has 5 nitrogen and oxygen atoms in total. The Balaban J connectivity index is 2.04. The highest BCUT2D eigenvalue weighted by Crippen LogP contribution is 2.25. The van der Waals surface area contributed by atoms with Crippen molar-refractivity contribution in [1.82, 2.24) is 0 Å². The molecule has 0 saturated carbocycles. The predicted molar refractivity (Wildman–Crippen MR) is 75.1 cm³/mol. The summed E-state index contributed by atoms with van der Waals surface area (Å²) in [6.45, 7) is 3.41. The number of phenols is 2. The number of rotatable bonds is 4. The molecule has 0 heterocycles. The molecule has 0 amide bonds. The maximum atomic E-state index is 11.7. The van der Waals surface area contributed by atoms with Crippen LogP contribution in [-0.4, -0.2) is 14.4 Å². The van der Waals surface area contributed by atoms with E-state index in [2.05, 4.69) is 0 Å². The summed E-state index contributed by atoms with van der Waals surface area (Å²) in [6, 6.07) is 8.99. The second-order valence-electron chi connectivity index (χ2n) is 4.27. The topological polar surface area (TPSA) is 76.0 Å². The molecule has 0 atom stereocenters. The highest BCUT2D eigenvalue weighted by molar-refractivity contribution is 7.75. The minimum absolute atomic E-state index is 0.137. The van der Waals surface area contributed by atoms with Crippen LogP contribution in [0.4, 0.5) is 0 Å². The average Bonchev–Trinajstić information content (AvgIpc) is 2.38. The summed E-state index contributed by atoms with van der Waals surface area (Å²) in [5, 5.41) is 18.8. The van der Waals surface area contributed by atoms with E-state index < -0.39 is 11.4 Å². The molecule has 20 heavy (non-hydrogen) atoms. The number of phenolic OH excluding ortho intramolecular Hbond substituents is 2. The number of benzene rings is 2. The molecule has 0 aliphatic rings. The van der Waals surface area contributed by atoms with Crippen LogP contribution in [0.2, 0.25) is 0 Å². The van der Waals surface area contributed by atoms with Crippen LogP contribution in [0.25, 0.3) is 0 Å². The highest BCUT2D eigenvalue weighted by Gasteiger charge is 2.08. The van der Waals surface area contributed by atoms with E-state index in [0.29, 0.717) is 22.6 Å². The van der Waals surface area contributed by atoms with Gasteiger partial charge in [0.25, 0.3) is 0 Å². The molecule has 0 radical (unpaired) electrons. The average molecular weight is 294 g/mol. The van der Waals surface area contributed by atoms with Crippen LogP contribution < -0.4 is 8.37 Å². The third-order valence-corrected chi connectivity index (χ3v) is 3.32. The Hall–Kier alpha value is -2.21. The fraction of sp³-hybridized carbons (Fsp3) is 0.143. The van der Waals surface area contributed by atoms with E-state index in [9.17, 15) is 14.4 Å². The first-order valence-corrected chi connectivity index (χ1v) is 6.83. The van der Waals surface area contributed by atoms with Gasteiger partial charge in [0.1, 0.15) is 23.0 Å². The Morgan fingerprint density at radius 3 is 1.60 bits per heavy atom. The quantitative estimate of drug-likeness (QED) is 0.906. The Kier molecular flexibility index (Phi) is 4.14. The second-order valence-corrected chi connectivity index (χ2v) is 5.01. The maximum Gasteiger partial charge on any atom is 0.417 e. The summed E-state index contributed by atoms with van der Waals surface area (Å²) >= 11 is -2.02. The number of hydrogen-bond acceptors (Lipinski definition) is 5. The van der Waals surface area contributed by atoms with Gasteiger partial charge in [-0.05, 0) is 61.4 Å². The second kappa shape index (κ2) is 5.83. The highest BCUT2D eigenvalue weighted by atomic mass is 32.2. The molecule has 0 aromatic heterocycles. The molecule has 6 heteroatoms. The summed E-state index contributed by atoms with van der Waals surface area (Å²) in [7, 11) is 0. The Labute approximate surface area is 119 Å². The van der Waals surface area contributed by atoms with Crippen molar-refractivity contribution in [3.8, 4) is 23.0 Å². The van der Waals surface area contributed by atoms with Crippen molar-refractivity contribution in [3.05, 3.63) is 47.5 Å². The lowest BCUT2D eigenvalue weighted by Crippen LogP contribution is -2.08. The third kappa shape index (κ3) is 3.42. The summed E-state index contributed by atoms with van der Waals surface area (Å²) in [6.07, 6.45) is 0. The molecular formula is C14H14O5S. The van der Waals surface area contributed by atoms with E-state index in [1.807, 2.05) is 0 Å². The van der Waals surface area contributed by atoms with E-state index in [1.165, 1.54) is 24.3 Å². The zero-order valence-electron chi connectivity index (χ0n) is 11.0. The molecule has 2 aromatic carbocycles. The van der Waals surface area contributed by atoms with Gasteiger partial charge in [-0.25, -0.2) is 0 Å². The maximum absolute atomic E-state index is 11.7. The third-order valence-electron chi connectivity index (χ3n) is 2.67. The van der Waals surface area contributed by atoms with Crippen LogP contribution in [0, 0.1) is 13.8 Å². The van der Waals surface area contributed by atoms with E-state index in [0.717, 1.165) is 0 Å². The standard InChI is InChI=1S/C14H14O5S/c1-9-7-11(3-5-13(9)15)18-20(17)19-12-4-6-14(16)10(2)8-12/h3-8,15-16H,1-2H3. The monoisotopic (exact) mass is 294 g/mol. The van der Waals surface area contributed by atoms with Gasteiger partial charge < -0.3 is 18.6 Å². The molecule has 0 unspecified atom stereocenters. The molecule has 0 spiro atoms. The minimum Gasteiger partial charge on any atom is -0.508 e. The summed E-state index contributed by atoms with van der Waals surface area (Å²) in [4.78, 5) is 0. The molecule has 2 N–H and O–H groups in total. The lowest BCUT2D eigenvalue weighted by atomic mass is 10.2. The fourth-order valence-electron chi connectivity index (χ4n) is 1.53. The smallest absolute Gasteiger partial charge is 0.417 e. The predicted octanol–water partition coefficient (Wildman–Crippen LogP) is 2.75. The van der Waals surface area contributed by atoms with Crippen molar-refractivity contribution < 1.29 is 22.8 Å². The summed E-state index contributed by atoms with van der Waals surface area (Å²) in [5.74, 6) is 0.930. The van der Waals surface area contributed by atoms with E-state index in [4.69, 9.17) is 8.37 Å². The van der Waals surface area contributed by atoms with Gasteiger partial charge in [0, 0.05) is 0 Å². The SMILES string of the molecule is Cc1cc(OS(=O)Oc2ccc(O)c(C)c2)ccc1O. The zero-order valence-corrected chi connectivity index (χ0v) is 11.8. The first-order chi connectivity index (χ1) is 9.45. The van der Waals surface area contributed by atoms with Gasteiger partial charge in [0.05, 0.1) is 0 Å². The lowest BCUT2D eigenvalue weighted by Gasteiger charge is -2.08. The van der Waals surface area contributed by atoms with Crippen LogP contribution >= 0.6 is 0 Å². The van der Waals surface area contributed by atoms with Crippen LogP contribution in [0.1, 0.15) is 11.1 Å². The van der Waals surface area contributed by atoms with Crippen molar-refractivity contribution in [2.75, 3.05) is 0 Å². The van der Waals surface area contributed by atoms with E-state index >= 15 is 0 Å². The first-order valence-electron chi connectivity index (χ1n) is 5.83. The lowest BCUT2D eigenvalue weighted by molar-refractivity contribution is 0.451. The Morgan fingerprint density at radius 1 is 0.850 bits per heavy atom. The fourth-order valence-corrected chi connectivity index (χ4v) is 2.09. The van der Waals surface area contributed by atoms with Crippen LogP contribution in [0.15, 0.2) is 36.4 Å². The van der Waals surface area contributed by atoms with Gasteiger partial charge in [0.15, 0.2) is 0 Å². The van der Waals surface area contributed by atoms with Crippen LogP contribution in [-0.2, 0) is 11.4 Å². The number of aryl methyl sites for hydroxylation is 2. The molecular weight excluding hydrogens is 280 g/mol. The largest absolute Gasteiger partial charge is 0.508 e. The number of aromatic hydroxyl groups is 2. The minimum atomic E-state index is -2.02. The molecule has 0 aliphatic carbocycles. The molecule has 2 rings (SSSR count). The van der Waals surface area contributed by atoms with Crippen LogP contribution in [0.5, 0.6) is 23.0 Å². The van der Waals surface area contributed by atoms with Gasteiger partial charge in [-0.15, -0.1) is 0 Å². The Morgan fingerprint density at radius 2 is 1.25 bits per heavy atom. The molecule has 0 saturated heterocycles. The van der Waals surface area contributed by atoms with Gasteiger partial charge in [-0.1, -0.05) is 0 Å². The molecule has 0 bridgehead atoms. The van der Waals surface area contributed by atoms with Crippen molar-refractivity contribution in [2.45, 2.75) is 13.8 Å². The number of hydrogen-bond donors (Lipinski definition) is 2.